The molecule has 0 aliphatic rings. The third-order valence-corrected chi connectivity index (χ3v) is 3.88. The lowest BCUT2D eigenvalue weighted by Crippen LogP contribution is -2.25. The van der Waals surface area contributed by atoms with Crippen LogP contribution in [0.5, 0.6) is 5.75 Å². The van der Waals surface area contributed by atoms with Crippen molar-refractivity contribution in [1.29, 1.82) is 0 Å². The molecule has 1 aromatic heterocycles. The highest BCUT2D eigenvalue weighted by Crippen LogP contribution is 2.24. The maximum atomic E-state index is 12.3. The minimum Gasteiger partial charge on any atom is -0.496 e. The van der Waals surface area contributed by atoms with Crippen LogP contribution < -0.4 is 10.3 Å². The van der Waals surface area contributed by atoms with Crippen LogP contribution in [0.25, 0.3) is 0 Å². The van der Waals surface area contributed by atoms with Gasteiger partial charge in [0.15, 0.2) is 0 Å². The summed E-state index contributed by atoms with van der Waals surface area (Å²) in [6.07, 6.45) is 1.24. The molecule has 0 saturated carbocycles. The molecule has 0 amide bonds. The molecule has 0 bridgehead atoms. The highest BCUT2D eigenvalue weighted by Gasteiger charge is 2.09. The smallest absolute Gasteiger partial charge is 0.303 e. The number of carbonyl (C=O) groups is 1. The summed E-state index contributed by atoms with van der Waals surface area (Å²) in [5.74, 6) is -0.349. The van der Waals surface area contributed by atoms with Crippen molar-refractivity contribution in [2.75, 3.05) is 7.11 Å². The highest BCUT2D eigenvalue weighted by atomic mass is 79.9. The van der Waals surface area contributed by atoms with Crippen molar-refractivity contribution in [2.45, 2.75) is 12.8 Å². The van der Waals surface area contributed by atoms with Crippen LogP contribution in [0.15, 0.2) is 32.6 Å². The summed E-state index contributed by atoms with van der Waals surface area (Å²) in [7, 11) is 1.56. The number of aliphatic carboxylic acids is 1. The van der Waals surface area contributed by atoms with E-state index in [0.717, 1.165) is 9.15 Å². The Morgan fingerprint density at radius 1 is 1.58 bits per heavy atom. The fourth-order valence-corrected chi connectivity index (χ4v) is 2.54. The average molecular weight is 413 g/mol. The van der Waals surface area contributed by atoms with E-state index in [1.54, 1.807) is 25.3 Å². The molecule has 0 aliphatic heterocycles. The summed E-state index contributed by atoms with van der Waals surface area (Å²) < 4.78 is 6.86. The minimum absolute atomic E-state index is 0.0100. The predicted octanol–water partition coefficient (Wildman–Crippen LogP) is 1.97. The van der Waals surface area contributed by atoms with Gasteiger partial charge in [0.2, 0.25) is 4.77 Å². The number of ether oxygens (including phenoxy) is 1. The average Bonchev–Trinajstić information content (AvgIpc) is 2.54. The number of carboxylic acid groups (broad SMARTS) is 1. The van der Waals surface area contributed by atoms with Gasteiger partial charge in [0.1, 0.15) is 11.4 Å². The molecule has 1 heterocycles. The molecule has 2 rings (SSSR count). The second-order valence-electron chi connectivity index (χ2n) is 4.62. The molecule has 2 aromatic rings. The zero-order chi connectivity index (χ0) is 17.7. The predicted molar refractivity (Wildman–Crippen MR) is 93.3 cm³/mol. The molecule has 0 atom stereocenters. The molecule has 0 saturated heterocycles. The second-order valence-corrected chi connectivity index (χ2v) is 5.87. The molecule has 0 unspecified atom stereocenters. The van der Waals surface area contributed by atoms with Crippen LogP contribution >= 0.6 is 28.1 Å². The van der Waals surface area contributed by atoms with Gasteiger partial charge in [-0.05, 0) is 51.9 Å². The monoisotopic (exact) mass is 412 g/mol. The van der Waals surface area contributed by atoms with Gasteiger partial charge in [0, 0.05) is 6.42 Å². The summed E-state index contributed by atoms with van der Waals surface area (Å²) in [6.45, 7) is 0. The number of aromatic nitrogens is 3. The maximum Gasteiger partial charge on any atom is 0.303 e. The lowest BCUT2D eigenvalue weighted by atomic mass is 10.2. The van der Waals surface area contributed by atoms with Crippen molar-refractivity contribution >= 4 is 40.3 Å². The summed E-state index contributed by atoms with van der Waals surface area (Å²) in [5.41, 5.74) is 0.218. The van der Waals surface area contributed by atoms with E-state index in [1.165, 1.54) is 6.21 Å². The van der Waals surface area contributed by atoms with Gasteiger partial charge >= 0.3 is 5.97 Å². The molecule has 0 spiro atoms. The van der Waals surface area contributed by atoms with Crippen molar-refractivity contribution in [2.24, 2.45) is 5.10 Å². The van der Waals surface area contributed by atoms with E-state index in [2.05, 4.69) is 31.2 Å². The van der Waals surface area contributed by atoms with Crippen molar-refractivity contribution in [1.82, 2.24) is 14.9 Å². The molecule has 1 aromatic carbocycles. The molecule has 0 radical (unpaired) electrons. The molecule has 0 fully saturated rings. The van der Waals surface area contributed by atoms with Crippen LogP contribution in [-0.2, 0) is 11.2 Å². The number of methoxy groups -OCH3 is 1. The van der Waals surface area contributed by atoms with Crippen molar-refractivity contribution in [3.05, 3.63) is 49.1 Å². The fraction of sp³-hybridized carbons (Fsp3) is 0.214. The number of rotatable bonds is 6. The van der Waals surface area contributed by atoms with E-state index < -0.39 is 11.5 Å². The van der Waals surface area contributed by atoms with Gasteiger partial charge in [-0.3, -0.25) is 14.7 Å². The van der Waals surface area contributed by atoms with Crippen molar-refractivity contribution < 1.29 is 14.6 Å². The van der Waals surface area contributed by atoms with Gasteiger partial charge in [0.05, 0.1) is 24.2 Å². The number of carboxylic acids is 1. The lowest BCUT2D eigenvalue weighted by molar-refractivity contribution is -0.136. The second kappa shape index (κ2) is 7.97. The maximum absolute atomic E-state index is 12.3. The first-order valence-electron chi connectivity index (χ1n) is 6.72. The molecule has 126 valence electrons. The number of aromatic amines is 1. The Bertz CT molecular complexity index is 906. The zero-order valence-electron chi connectivity index (χ0n) is 12.5. The van der Waals surface area contributed by atoms with Crippen LogP contribution in [0, 0.1) is 4.77 Å². The van der Waals surface area contributed by atoms with Crippen molar-refractivity contribution in [3.8, 4) is 5.75 Å². The Morgan fingerprint density at radius 2 is 2.33 bits per heavy atom. The Morgan fingerprint density at radius 3 is 2.96 bits per heavy atom. The van der Waals surface area contributed by atoms with Gasteiger partial charge in [-0.1, -0.05) is 0 Å². The van der Waals surface area contributed by atoms with Gasteiger partial charge in [-0.2, -0.15) is 14.9 Å². The van der Waals surface area contributed by atoms with Crippen molar-refractivity contribution in [3.63, 3.8) is 0 Å². The number of benzene rings is 1. The quantitative estimate of drug-likeness (QED) is 0.554. The van der Waals surface area contributed by atoms with Crippen LogP contribution in [-0.4, -0.2) is 39.3 Å². The lowest BCUT2D eigenvalue weighted by Gasteiger charge is -2.04. The molecule has 8 nitrogen and oxygen atoms in total. The van der Waals surface area contributed by atoms with E-state index >= 15 is 0 Å². The van der Waals surface area contributed by atoms with Gasteiger partial charge in [-0.25, -0.2) is 0 Å². The van der Waals surface area contributed by atoms with Crippen LogP contribution in [0.1, 0.15) is 17.7 Å². The molecule has 2 N–H and O–H groups in total. The van der Waals surface area contributed by atoms with E-state index in [-0.39, 0.29) is 23.3 Å². The number of nitrogens with one attached hydrogen (secondary N) is 1. The zero-order valence-corrected chi connectivity index (χ0v) is 14.9. The topological polar surface area (TPSA) is 110 Å². The Balaban J connectivity index is 2.33. The number of nitrogens with zero attached hydrogens (tertiary/aromatic N) is 3. The van der Waals surface area contributed by atoms with Crippen LogP contribution in [0.2, 0.25) is 0 Å². The van der Waals surface area contributed by atoms with E-state index in [9.17, 15) is 9.59 Å². The summed E-state index contributed by atoms with van der Waals surface area (Å²) in [6, 6.07) is 5.28. The number of H-pyrrole nitrogens is 1. The molecule has 0 aliphatic carbocycles. The van der Waals surface area contributed by atoms with Crippen LogP contribution in [0.3, 0.4) is 0 Å². The number of hydrogen-bond acceptors (Lipinski definition) is 6. The molecule has 24 heavy (non-hydrogen) atoms. The third-order valence-electron chi connectivity index (χ3n) is 2.99. The molecule has 10 heteroatoms. The normalized spacial score (nSPS) is 10.9. The number of aryl methyl sites for hydroxylation is 1. The highest BCUT2D eigenvalue weighted by molar-refractivity contribution is 9.10. The fourth-order valence-electron chi connectivity index (χ4n) is 1.81. The Labute approximate surface area is 149 Å². The summed E-state index contributed by atoms with van der Waals surface area (Å²) in [4.78, 5) is 22.9. The molecular formula is C14H13BrN4O4S. The first-order valence-corrected chi connectivity index (χ1v) is 7.93. The van der Waals surface area contributed by atoms with Gasteiger partial charge in [-0.15, -0.1) is 0 Å². The van der Waals surface area contributed by atoms with E-state index in [0.29, 0.717) is 11.3 Å². The SMILES string of the molecule is COc1ccc(/C=N\n2c(=S)[nH]nc(CCC(=O)O)c2=O)cc1Br. The third kappa shape index (κ3) is 4.36. The number of halogens is 1. The van der Waals surface area contributed by atoms with Gasteiger partial charge < -0.3 is 9.84 Å². The summed E-state index contributed by atoms with van der Waals surface area (Å²) >= 11 is 8.36. The van der Waals surface area contributed by atoms with E-state index in [4.69, 9.17) is 22.1 Å². The van der Waals surface area contributed by atoms with Crippen LogP contribution in [0.4, 0.5) is 0 Å². The first kappa shape index (κ1) is 18.0. The Hall–Kier alpha value is -2.33. The first-order chi connectivity index (χ1) is 11.4. The largest absolute Gasteiger partial charge is 0.496 e. The molecular weight excluding hydrogens is 400 g/mol. The van der Waals surface area contributed by atoms with Gasteiger partial charge in [0.25, 0.3) is 5.56 Å². The summed E-state index contributed by atoms with van der Waals surface area (Å²) in [5, 5.41) is 19.0. The Kier molecular flexibility index (Phi) is 5.99. The number of hydrogen-bond donors (Lipinski definition) is 2. The van der Waals surface area contributed by atoms with E-state index in [1.807, 2.05) is 0 Å². The minimum atomic E-state index is -1.02. The standard InChI is InChI=1S/C14H13BrN4O4S/c1-23-11-4-2-8(6-9(11)15)7-16-19-13(22)10(3-5-12(20)21)17-18-14(19)24/h2,4,6-7H,3,5H2,1H3,(H,18,24)(H,20,21)/b16-7-.